The molecule has 0 amide bonds. The van der Waals surface area contributed by atoms with Crippen LogP contribution in [0.5, 0.6) is 0 Å². The summed E-state index contributed by atoms with van der Waals surface area (Å²) in [7, 11) is -3.10. The van der Waals surface area contributed by atoms with Crippen LogP contribution >= 0.6 is 7.14 Å². The zero-order chi connectivity index (χ0) is 22.3. The van der Waals surface area contributed by atoms with Gasteiger partial charge in [0.2, 0.25) is 0 Å². The number of benzene rings is 4. The molecule has 1 saturated carbocycles. The van der Waals surface area contributed by atoms with Crippen LogP contribution in [0.4, 0.5) is 5.69 Å². The zero-order valence-corrected chi connectivity index (χ0v) is 19.2. The Hall–Kier alpha value is -3.13. The zero-order valence-electron chi connectivity index (χ0n) is 18.3. The largest absolute Gasteiger partial charge is 0.313 e. The second-order valence-electron chi connectivity index (χ2n) is 8.88. The fourth-order valence-electron chi connectivity index (χ4n) is 5.70. The fourth-order valence-corrected chi connectivity index (χ4v) is 9.77. The number of fused-ring (bicyclic) bond motifs is 1. The Labute approximate surface area is 195 Å². The molecule has 1 aliphatic heterocycles. The highest BCUT2D eigenvalue weighted by molar-refractivity contribution is 7.80. The molecule has 1 heterocycles. The van der Waals surface area contributed by atoms with Crippen molar-refractivity contribution in [1.82, 2.24) is 0 Å². The molecule has 3 nitrogen and oxygen atoms in total. The minimum atomic E-state index is -3.10. The monoisotopic (exact) mass is 451 g/mol. The van der Waals surface area contributed by atoms with E-state index in [0.29, 0.717) is 0 Å². The van der Waals surface area contributed by atoms with E-state index in [2.05, 4.69) is 36.4 Å². The van der Waals surface area contributed by atoms with E-state index < -0.39 is 12.3 Å². The van der Waals surface area contributed by atoms with Gasteiger partial charge in [-0.15, -0.1) is 0 Å². The van der Waals surface area contributed by atoms with Gasteiger partial charge >= 0.3 is 0 Å². The highest BCUT2D eigenvalue weighted by Gasteiger charge is 2.71. The molecular weight excluding hydrogens is 425 g/mol. The Balaban J connectivity index is 1.62. The summed E-state index contributed by atoms with van der Waals surface area (Å²) in [5.74, 6) is 0. The maximum Gasteiger partial charge on any atom is 0.154 e. The predicted octanol–water partition coefficient (Wildman–Crippen LogP) is 6.09. The molecule has 33 heavy (non-hydrogen) atoms. The third-order valence-corrected chi connectivity index (χ3v) is 11.2. The maximum atomic E-state index is 15.7. The third-order valence-electron chi connectivity index (χ3n) is 7.27. The number of hydroxylamine groups is 1. The number of anilines is 1. The van der Waals surface area contributed by atoms with Crippen LogP contribution < -0.4 is 15.7 Å². The molecule has 164 valence electrons. The minimum absolute atomic E-state index is 0.117. The van der Waals surface area contributed by atoms with Gasteiger partial charge in [-0.2, -0.15) is 0 Å². The van der Waals surface area contributed by atoms with Crippen molar-refractivity contribution >= 4 is 23.4 Å². The molecular formula is C29H26NO2P. The molecule has 2 fully saturated rings. The van der Waals surface area contributed by atoms with Crippen molar-refractivity contribution in [2.24, 2.45) is 0 Å². The number of rotatable bonds is 5. The van der Waals surface area contributed by atoms with Crippen LogP contribution in [0.1, 0.15) is 24.4 Å². The first-order valence-electron chi connectivity index (χ1n) is 11.5. The average molecular weight is 452 g/mol. The van der Waals surface area contributed by atoms with Crippen LogP contribution in [-0.2, 0) is 9.40 Å². The van der Waals surface area contributed by atoms with E-state index in [1.807, 2.05) is 90.0 Å². The molecule has 0 radical (unpaired) electrons. The van der Waals surface area contributed by atoms with E-state index in [9.17, 15) is 0 Å². The van der Waals surface area contributed by atoms with Gasteiger partial charge in [0.15, 0.2) is 7.14 Å². The first kappa shape index (κ1) is 20.5. The van der Waals surface area contributed by atoms with Crippen molar-refractivity contribution in [3.8, 4) is 0 Å². The molecule has 1 unspecified atom stereocenters. The fraction of sp³-hybridized carbons (Fsp3) is 0.172. The van der Waals surface area contributed by atoms with Crippen LogP contribution in [0.2, 0.25) is 0 Å². The summed E-state index contributed by atoms with van der Waals surface area (Å²) < 4.78 is 15.7. The molecule has 4 aromatic carbocycles. The van der Waals surface area contributed by atoms with Gasteiger partial charge in [0, 0.05) is 10.6 Å². The van der Waals surface area contributed by atoms with Gasteiger partial charge in [0.05, 0.1) is 16.9 Å². The molecule has 4 heteroatoms. The number of para-hydroxylation sites is 1. The standard InChI is InChI=1S/C29H26NO2P/c31-33(25-17-9-3-10-18-25,26-19-11-4-12-20-26)29-22-21-27(29)32-30(24-15-7-2-8-16-24)28(29)23-13-5-1-6-14-23/h1-20,27-28H,21-22H2/t27-,28?,29-/m0/s1. The molecule has 0 N–H and O–H groups in total. The lowest BCUT2D eigenvalue weighted by Crippen LogP contribution is -2.55. The van der Waals surface area contributed by atoms with Gasteiger partial charge in [-0.25, -0.2) is 5.06 Å². The van der Waals surface area contributed by atoms with Gasteiger partial charge in [-0.05, 0) is 30.5 Å². The summed E-state index contributed by atoms with van der Waals surface area (Å²) in [6.07, 6.45) is 1.63. The summed E-state index contributed by atoms with van der Waals surface area (Å²) in [5, 5.41) is 3.29. The lowest BCUT2D eigenvalue weighted by molar-refractivity contribution is 0.0296. The first-order valence-corrected chi connectivity index (χ1v) is 13.2. The smallest absolute Gasteiger partial charge is 0.154 e. The average Bonchev–Trinajstić information content (AvgIpc) is 3.13. The highest BCUT2D eigenvalue weighted by atomic mass is 31.2. The van der Waals surface area contributed by atoms with E-state index in [1.165, 1.54) is 0 Å². The molecule has 2 aliphatic rings. The molecule has 6 rings (SSSR count). The van der Waals surface area contributed by atoms with E-state index in [-0.39, 0.29) is 12.1 Å². The van der Waals surface area contributed by atoms with Crippen LogP contribution in [0.3, 0.4) is 0 Å². The molecule has 0 aromatic heterocycles. The lowest BCUT2D eigenvalue weighted by atomic mass is 9.74. The lowest BCUT2D eigenvalue weighted by Gasteiger charge is -2.50. The normalized spacial score (nSPS) is 24.2. The number of hydrogen-bond donors (Lipinski definition) is 0. The Bertz CT molecular complexity index is 1240. The van der Waals surface area contributed by atoms with Gasteiger partial charge in [-0.3, -0.25) is 4.84 Å². The van der Waals surface area contributed by atoms with Crippen molar-refractivity contribution in [2.45, 2.75) is 30.1 Å². The van der Waals surface area contributed by atoms with Crippen LogP contribution in [0.25, 0.3) is 0 Å². The summed E-state index contributed by atoms with van der Waals surface area (Å²) in [6.45, 7) is 0. The van der Waals surface area contributed by atoms with Crippen molar-refractivity contribution < 1.29 is 9.40 Å². The topological polar surface area (TPSA) is 29.5 Å². The quantitative estimate of drug-likeness (QED) is 0.344. The SMILES string of the molecule is O=P(c1ccccc1)(c1ccccc1)[C@@]12CC[C@@H]1ON(c1ccccc1)C2c1ccccc1. The first-order chi connectivity index (χ1) is 16.2. The van der Waals surface area contributed by atoms with E-state index >= 15 is 4.57 Å². The summed E-state index contributed by atoms with van der Waals surface area (Å²) in [6, 6.07) is 40.6. The summed E-state index contributed by atoms with van der Waals surface area (Å²) >= 11 is 0. The van der Waals surface area contributed by atoms with Gasteiger partial charge in [0.25, 0.3) is 0 Å². The minimum Gasteiger partial charge on any atom is -0.313 e. The second kappa shape index (κ2) is 8.02. The van der Waals surface area contributed by atoms with Crippen molar-refractivity contribution in [2.75, 3.05) is 5.06 Å². The number of nitrogens with zero attached hydrogens (tertiary/aromatic N) is 1. The third kappa shape index (κ3) is 2.96. The maximum absolute atomic E-state index is 15.7. The molecule has 3 atom stereocenters. The molecule has 1 aliphatic carbocycles. The molecule has 0 spiro atoms. The molecule has 0 bridgehead atoms. The van der Waals surface area contributed by atoms with Gasteiger partial charge in [0.1, 0.15) is 6.10 Å². The van der Waals surface area contributed by atoms with Crippen LogP contribution in [0.15, 0.2) is 121 Å². The van der Waals surface area contributed by atoms with Crippen LogP contribution in [-0.4, -0.2) is 11.3 Å². The Kier molecular flexibility index (Phi) is 4.98. The molecule has 1 saturated heterocycles. The van der Waals surface area contributed by atoms with Crippen molar-refractivity contribution in [3.63, 3.8) is 0 Å². The van der Waals surface area contributed by atoms with E-state index in [0.717, 1.165) is 34.7 Å². The van der Waals surface area contributed by atoms with Crippen molar-refractivity contribution in [1.29, 1.82) is 0 Å². The van der Waals surface area contributed by atoms with E-state index in [1.54, 1.807) is 0 Å². The van der Waals surface area contributed by atoms with Gasteiger partial charge < -0.3 is 4.57 Å². The Morgan fingerprint density at radius 2 is 1.18 bits per heavy atom. The second-order valence-corrected chi connectivity index (χ2v) is 12.0. The summed E-state index contributed by atoms with van der Waals surface area (Å²) in [4.78, 5) is 6.67. The van der Waals surface area contributed by atoms with Crippen molar-refractivity contribution in [3.05, 3.63) is 127 Å². The summed E-state index contributed by atoms with van der Waals surface area (Å²) in [5.41, 5.74) is 2.13. The van der Waals surface area contributed by atoms with E-state index in [4.69, 9.17) is 4.84 Å². The van der Waals surface area contributed by atoms with Gasteiger partial charge in [-0.1, -0.05) is 109 Å². The Morgan fingerprint density at radius 1 is 0.697 bits per heavy atom. The Morgan fingerprint density at radius 3 is 1.67 bits per heavy atom. The molecule has 4 aromatic rings. The predicted molar refractivity (Wildman–Crippen MR) is 135 cm³/mol. The van der Waals surface area contributed by atoms with Crippen LogP contribution in [0, 0.1) is 0 Å². The highest BCUT2D eigenvalue weighted by Crippen LogP contribution is 2.73. The number of hydrogen-bond acceptors (Lipinski definition) is 3.